The van der Waals surface area contributed by atoms with Crippen LogP contribution in [0.25, 0.3) is 10.9 Å². The molecule has 8 N–H and O–H groups in total. The number of aromatic nitrogens is 3. The van der Waals surface area contributed by atoms with Crippen molar-refractivity contribution in [1.82, 2.24) is 30.9 Å². The lowest BCUT2D eigenvalue weighted by Crippen LogP contribution is -2.57. The van der Waals surface area contributed by atoms with E-state index in [2.05, 4.69) is 30.9 Å². The highest BCUT2D eigenvalue weighted by Crippen LogP contribution is 2.19. The number of imidazole rings is 1. The summed E-state index contributed by atoms with van der Waals surface area (Å²) in [5.41, 5.74) is 7.71. The van der Waals surface area contributed by atoms with Gasteiger partial charge < -0.3 is 36.8 Å². The number of hydrogen-bond acceptors (Lipinski definition) is 6. The van der Waals surface area contributed by atoms with Crippen LogP contribution in [0.2, 0.25) is 0 Å². The number of H-pyrrole nitrogens is 2. The number of aromatic amines is 2. The predicted octanol–water partition coefficient (Wildman–Crippen LogP) is 0.220. The van der Waals surface area contributed by atoms with E-state index >= 15 is 0 Å². The molecule has 3 amide bonds. The highest BCUT2D eigenvalue weighted by atomic mass is 16.4. The van der Waals surface area contributed by atoms with E-state index < -0.39 is 41.8 Å². The molecule has 0 saturated carbocycles. The number of hydrogen-bond donors (Lipinski definition) is 7. The van der Waals surface area contributed by atoms with Crippen molar-refractivity contribution in [3.63, 3.8) is 0 Å². The average Bonchev–Trinajstić information content (AvgIpc) is 3.52. The third-order valence-corrected chi connectivity index (χ3v) is 5.87. The van der Waals surface area contributed by atoms with Gasteiger partial charge in [0.1, 0.15) is 18.1 Å². The number of aliphatic carboxylic acids is 1. The molecule has 0 spiro atoms. The monoisotopic (exact) mass is 511 g/mol. The highest BCUT2D eigenvalue weighted by molar-refractivity contribution is 5.94. The zero-order chi connectivity index (χ0) is 26.9. The van der Waals surface area contributed by atoms with E-state index in [4.69, 9.17) is 5.73 Å². The lowest BCUT2D eigenvalue weighted by Gasteiger charge is -2.24. The molecule has 0 fully saturated rings. The van der Waals surface area contributed by atoms with Gasteiger partial charge in [-0.3, -0.25) is 14.4 Å². The molecule has 2 heterocycles. The van der Waals surface area contributed by atoms with Crippen LogP contribution in [0.3, 0.4) is 0 Å². The quantitative estimate of drug-likeness (QED) is 0.170. The number of amides is 3. The van der Waals surface area contributed by atoms with E-state index in [1.807, 2.05) is 38.1 Å². The van der Waals surface area contributed by atoms with Crippen molar-refractivity contribution < 1.29 is 24.3 Å². The number of rotatable bonds is 13. The molecule has 0 aliphatic heterocycles. The number of para-hydroxylation sites is 1. The fourth-order valence-corrected chi connectivity index (χ4v) is 4.05. The fraction of sp³-hybridized carbons (Fsp3) is 0.400. The molecule has 2 aromatic heterocycles. The topological polar surface area (TPSA) is 195 Å². The molecule has 3 atom stereocenters. The largest absolute Gasteiger partial charge is 0.480 e. The van der Waals surface area contributed by atoms with Crippen molar-refractivity contribution in [3.05, 3.63) is 54.2 Å². The standard InChI is InChI=1S/C25H33N7O5/c1-14(2)7-21(25(36)37)32-24(35)20(9-16-12-27-13-29-16)31-23(34)19(30-22(33)10-26)8-15-11-28-18-6-4-3-5-17(15)18/h3-6,11-14,19-21,28H,7-10,26H2,1-2H3,(H,27,29)(H,30,33)(H,31,34)(H,32,35)(H,36,37). The number of fused-ring (bicyclic) bond motifs is 1. The molecule has 3 rings (SSSR count). The predicted molar refractivity (Wildman–Crippen MR) is 136 cm³/mol. The number of carboxylic acid groups (broad SMARTS) is 1. The van der Waals surface area contributed by atoms with Crippen LogP contribution in [-0.4, -0.2) is 68.4 Å². The second-order valence-corrected chi connectivity index (χ2v) is 9.26. The van der Waals surface area contributed by atoms with Crippen LogP contribution in [-0.2, 0) is 32.0 Å². The van der Waals surface area contributed by atoms with Crippen molar-refractivity contribution in [2.45, 2.75) is 51.2 Å². The molecule has 3 aromatic rings. The summed E-state index contributed by atoms with van der Waals surface area (Å²) < 4.78 is 0. The molecule has 12 nitrogen and oxygen atoms in total. The molecule has 3 unspecified atom stereocenters. The summed E-state index contributed by atoms with van der Waals surface area (Å²) in [6.07, 6.45) is 5.11. The lowest BCUT2D eigenvalue weighted by atomic mass is 10.0. The van der Waals surface area contributed by atoms with Crippen molar-refractivity contribution in [2.24, 2.45) is 11.7 Å². The Kier molecular flexibility index (Phi) is 9.39. The number of nitrogens with zero attached hydrogens (tertiary/aromatic N) is 1. The molecular weight excluding hydrogens is 478 g/mol. The van der Waals surface area contributed by atoms with E-state index in [0.717, 1.165) is 16.5 Å². The Bertz CT molecular complexity index is 1220. The smallest absolute Gasteiger partial charge is 0.326 e. The third kappa shape index (κ3) is 7.64. The third-order valence-electron chi connectivity index (χ3n) is 5.87. The van der Waals surface area contributed by atoms with Crippen LogP contribution < -0.4 is 21.7 Å². The summed E-state index contributed by atoms with van der Waals surface area (Å²) in [6, 6.07) is 4.27. The first-order valence-corrected chi connectivity index (χ1v) is 12.0. The number of benzene rings is 1. The van der Waals surface area contributed by atoms with E-state index in [1.165, 1.54) is 12.5 Å². The Labute approximate surface area is 213 Å². The van der Waals surface area contributed by atoms with Gasteiger partial charge in [-0.25, -0.2) is 9.78 Å². The number of carboxylic acids is 1. The Balaban J connectivity index is 1.83. The van der Waals surface area contributed by atoms with Crippen LogP contribution in [0.15, 0.2) is 43.0 Å². The zero-order valence-electron chi connectivity index (χ0n) is 20.8. The maximum atomic E-state index is 13.4. The fourth-order valence-electron chi connectivity index (χ4n) is 4.05. The Morgan fingerprint density at radius 3 is 2.27 bits per heavy atom. The first-order chi connectivity index (χ1) is 17.7. The first-order valence-electron chi connectivity index (χ1n) is 12.0. The summed E-state index contributed by atoms with van der Waals surface area (Å²) >= 11 is 0. The molecule has 0 aliphatic carbocycles. The number of carbonyl (C=O) groups excluding carboxylic acids is 3. The van der Waals surface area contributed by atoms with Crippen molar-refractivity contribution >= 4 is 34.6 Å². The van der Waals surface area contributed by atoms with Gasteiger partial charge in [-0.15, -0.1) is 0 Å². The number of nitrogens with one attached hydrogen (secondary N) is 5. The van der Waals surface area contributed by atoms with Gasteiger partial charge >= 0.3 is 5.97 Å². The Morgan fingerprint density at radius 1 is 0.973 bits per heavy atom. The molecule has 12 heteroatoms. The van der Waals surface area contributed by atoms with E-state index in [0.29, 0.717) is 5.69 Å². The maximum absolute atomic E-state index is 13.4. The molecule has 0 aliphatic rings. The maximum Gasteiger partial charge on any atom is 0.326 e. The first kappa shape index (κ1) is 27.4. The van der Waals surface area contributed by atoms with Gasteiger partial charge in [-0.2, -0.15) is 0 Å². The summed E-state index contributed by atoms with van der Waals surface area (Å²) in [5, 5.41) is 18.3. The molecule has 198 valence electrons. The van der Waals surface area contributed by atoms with Crippen molar-refractivity contribution in [2.75, 3.05) is 6.54 Å². The number of carbonyl (C=O) groups is 4. The minimum Gasteiger partial charge on any atom is -0.480 e. The summed E-state index contributed by atoms with van der Waals surface area (Å²) in [7, 11) is 0. The highest BCUT2D eigenvalue weighted by Gasteiger charge is 2.30. The molecule has 0 bridgehead atoms. The summed E-state index contributed by atoms with van der Waals surface area (Å²) in [5.74, 6) is -2.94. The van der Waals surface area contributed by atoms with Crippen LogP contribution in [0.5, 0.6) is 0 Å². The van der Waals surface area contributed by atoms with Gasteiger partial charge in [0.2, 0.25) is 17.7 Å². The minimum absolute atomic E-state index is 0.0223. The lowest BCUT2D eigenvalue weighted by molar-refractivity contribution is -0.142. The molecule has 0 radical (unpaired) electrons. The van der Waals surface area contributed by atoms with E-state index in [-0.39, 0.29) is 31.7 Å². The van der Waals surface area contributed by atoms with Crippen LogP contribution in [0, 0.1) is 5.92 Å². The number of nitrogens with two attached hydrogens (primary N) is 1. The van der Waals surface area contributed by atoms with Gasteiger partial charge in [0, 0.05) is 41.8 Å². The molecule has 0 saturated heterocycles. The minimum atomic E-state index is -1.17. The van der Waals surface area contributed by atoms with Gasteiger partial charge in [0.05, 0.1) is 12.9 Å². The zero-order valence-corrected chi connectivity index (χ0v) is 20.8. The van der Waals surface area contributed by atoms with Crippen molar-refractivity contribution in [1.29, 1.82) is 0 Å². The Morgan fingerprint density at radius 2 is 1.65 bits per heavy atom. The van der Waals surface area contributed by atoms with Gasteiger partial charge in [-0.1, -0.05) is 32.0 Å². The SMILES string of the molecule is CC(C)CC(NC(=O)C(Cc1cnc[nH]1)NC(=O)C(Cc1c[nH]c2ccccc12)NC(=O)CN)C(=O)O. The average molecular weight is 512 g/mol. The van der Waals surface area contributed by atoms with E-state index in [1.54, 1.807) is 6.20 Å². The van der Waals surface area contributed by atoms with Gasteiger partial charge in [0.15, 0.2) is 0 Å². The summed E-state index contributed by atoms with van der Waals surface area (Å²) in [4.78, 5) is 60.3. The van der Waals surface area contributed by atoms with E-state index in [9.17, 15) is 24.3 Å². The van der Waals surface area contributed by atoms with Gasteiger partial charge in [-0.05, 0) is 24.0 Å². The Hall–Kier alpha value is -4.19. The summed E-state index contributed by atoms with van der Waals surface area (Å²) in [6.45, 7) is 3.38. The molecular formula is C25H33N7O5. The van der Waals surface area contributed by atoms with Gasteiger partial charge in [0.25, 0.3) is 0 Å². The van der Waals surface area contributed by atoms with Crippen LogP contribution >= 0.6 is 0 Å². The molecule has 1 aromatic carbocycles. The van der Waals surface area contributed by atoms with Crippen molar-refractivity contribution in [3.8, 4) is 0 Å². The second-order valence-electron chi connectivity index (χ2n) is 9.26. The van der Waals surface area contributed by atoms with Crippen LogP contribution in [0.1, 0.15) is 31.5 Å². The van der Waals surface area contributed by atoms with Crippen LogP contribution in [0.4, 0.5) is 0 Å². The molecule has 37 heavy (non-hydrogen) atoms. The second kappa shape index (κ2) is 12.7. The normalized spacial score (nSPS) is 13.6.